The van der Waals surface area contributed by atoms with Gasteiger partial charge in [-0.05, 0) is 42.8 Å². The van der Waals surface area contributed by atoms with Gasteiger partial charge in [0.2, 0.25) is 0 Å². The van der Waals surface area contributed by atoms with Crippen molar-refractivity contribution in [2.45, 2.75) is 6.92 Å². The van der Waals surface area contributed by atoms with E-state index in [4.69, 9.17) is 16.7 Å². The summed E-state index contributed by atoms with van der Waals surface area (Å²) in [6.45, 7) is 1.90. The molecule has 1 N–H and O–H groups in total. The molecule has 0 aromatic heterocycles. The van der Waals surface area contributed by atoms with Crippen LogP contribution in [0.25, 0.3) is 0 Å². The van der Waals surface area contributed by atoms with E-state index in [-0.39, 0.29) is 11.3 Å². The van der Waals surface area contributed by atoms with Gasteiger partial charge in [-0.3, -0.25) is 0 Å². The highest BCUT2D eigenvalue weighted by Gasteiger charge is 2.15. The van der Waals surface area contributed by atoms with Crippen LogP contribution in [0.4, 0.5) is 15.8 Å². The average Bonchev–Trinajstić information content (AvgIpc) is 2.38. The highest BCUT2D eigenvalue weighted by atomic mass is 35.5. The fraction of sp³-hybridized carbons (Fsp3) is 0.133. The van der Waals surface area contributed by atoms with Gasteiger partial charge in [0.25, 0.3) is 0 Å². The van der Waals surface area contributed by atoms with E-state index < -0.39 is 11.8 Å². The lowest BCUT2D eigenvalue weighted by molar-refractivity contribution is 0.0697. The zero-order valence-electron chi connectivity index (χ0n) is 11.0. The van der Waals surface area contributed by atoms with E-state index in [0.29, 0.717) is 10.7 Å². The fourth-order valence-electron chi connectivity index (χ4n) is 1.92. The van der Waals surface area contributed by atoms with Crippen molar-refractivity contribution in [3.05, 3.63) is 58.4 Å². The largest absolute Gasteiger partial charge is 0.478 e. The van der Waals surface area contributed by atoms with Crippen LogP contribution in [0.3, 0.4) is 0 Å². The quantitative estimate of drug-likeness (QED) is 0.919. The second-order valence-corrected chi connectivity index (χ2v) is 4.89. The zero-order valence-corrected chi connectivity index (χ0v) is 11.8. The third-order valence-corrected chi connectivity index (χ3v) is 3.32. The number of carbonyl (C=O) groups is 1. The summed E-state index contributed by atoms with van der Waals surface area (Å²) in [7, 11) is 1.64. The molecule has 0 heterocycles. The second kappa shape index (κ2) is 5.51. The molecule has 0 atom stereocenters. The van der Waals surface area contributed by atoms with E-state index in [1.165, 1.54) is 17.0 Å². The van der Waals surface area contributed by atoms with E-state index in [1.807, 2.05) is 13.0 Å². The Morgan fingerprint density at radius 1 is 1.20 bits per heavy atom. The lowest BCUT2D eigenvalue weighted by Gasteiger charge is -2.22. The van der Waals surface area contributed by atoms with Crippen LogP contribution in [-0.2, 0) is 0 Å². The molecule has 2 rings (SSSR count). The van der Waals surface area contributed by atoms with Crippen molar-refractivity contribution >= 4 is 28.9 Å². The number of carboxylic acid groups (broad SMARTS) is 1. The summed E-state index contributed by atoms with van der Waals surface area (Å²) in [5.74, 6) is -1.61. The number of benzene rings is 2. The number of nitrogens with zero attached hydrogens (tertiary/aromatic N) is 1. The fourth-order valence-corrected chi connectivity index (χ4v) is 2.28. The summed E-state index contributed by atoms with van der Waals surface area (Å²) in [4.78, 5) is 12.5. The monoisotopic (exact) mass is 293 g/mol. The first-order valence-corrected chi connectivity index (χ1v) is 6.30. The van der Waals surface area contributed by atoms with Gasteiger partial charge in [0.1, 0.15) is 5.82 Å². The molecule has 0 amide bonds. The molecule has 0 aliphatic rings. The van der Waals surface area contributed by atoms with E-state index in [9.17, 15) is 9.18 Å². The van der Waals surface area contributed by atoms with Gasteiger partial charge < -0.3 is 10.0 Å². The number of carboxylic acids is 1. The number of anilines is 2. The minimum Gasteiger partial charge on any atom is -0.478 e. The van der Waals surface area contributed by atoms with Crippen LogP contribution in [0.2, 0.25) is 5.02 Å². The molecular weight excluding hydrogens is 281 g/mol. The molecule has 0 aliphatic carbocycles. The van der Waals surface area contributed by atoms with Crippen molar-refractivity contribution in [1.29, 1.82) is 0 Å². The Hall–Kier alpha value is -2.07. The average molecular weight is 294 g/mol. The van der Waals surface area contributed by atoms with Gasteiger partial charge in [-0.1, -0.05) is 17.7 Å². The van der Waals surface area contributed by atoms with Gasteiger partial charge in [-0.25, -0.2) is 9.18 Å². The zero-order chi connectivity index (χ0) is 14.9. The minimum absolute atomic E-state index is 0.0245. The molecule has 0 unspecified atom stereocenters. The molecule has 20 heavy (non-hydrogen) atoms. The molecule has 5 heteroatoms. The first kappa shape index (κ1) is 14.3. The molecule has 0 bridgehead atoms. The molecule has 0 saturated heterocycles. The maximum Gasteiger partial charge on any atom is 0.335 e. The maximum absolute atomic E-state index is 13.9. The van der Waals surface area contributed by atoms with E-state index >= 15 is 0 Å². The lowest BCUT2D eigenvalue weighted by atomic mass is 10.1. The van der Waals surface area contributed by atoms with Crippen LogP contribution in [0.15, 0.2) is 36.4 Å². The number of hydrogen-bond acceptors (Lipinski definition) is 2. The van der Waals surface area contributed by atoms with Crippen LogP contribution in [0.5, 0.6) is 0 Å². The minimum atomic E-state index is -1.10. The molecule has 2 aromatic carbocycles. The summed E-state index contributed by atoms with van der Waals surface area (Å²) in [6, 6.07) is 9.05. The van der Waals surface area contributed by atoms with Gasteiger partial charge in [-0.15, -0.1) is 0 Å². The number of halogens is 2. The van der Waals surface area contributed by atoms with Gasteiger partial charge in [0.05, 0.1) is 22.0 Å². The topological polar surface area (TPSA) is 40.5 Å². The Morgan fingerprint density at radius 3 is 2.50 bits per heavy atom. The van der Waals surface area contributed by atoms with Crippen molar-refractivity contribution < 1.29 is 14.3 Å². The summed E-state index contributed by atoms with van der Waals surface area (Å²) in [5, 5.41) is 9.46. The van der Waals surface area contributed by atoms with Crippen molar-refractivity contribution in [1.82, 2.24) is 0 Å². The van der Waals surface area contributed by atoms with Crippen LogP contribution in [0, 0.1) is 12.7 Å². The van der Waals surface area contributed by atoms with Crippen LogP contribution < -0.4 is 4.90 Å². The molecule has 0 saturated carbocycles. The Labute approximate surface area is 121 Å². The number of hydrogen-bond donors (Lipinski definition) is 1. The molecule has 104 valence electrons. The third-order valence-electron chi connectivity index (χ3n) is 3.02. The molecule has 0 aliphatic heterocycles. The number of aromatic carboxylic acids is 1. The van der Waals surface area contributed by atoms with Gasteiger partial charge >= 0.3 is 5.97 Å². The van der Waals surface area contributed by atoms with Crippen LogP contribution >= 0.6 is 11.6 Å². The van der Waals surface area contributed by atoms with E-state index in [1.54, 1.807) is 19.2 Å². The summed E-state index contributed by atoms with van der Waals surface area (Å²) >= 11 is 6.15. The Morgan fingerprint density at radius 2 is 1.90 bits per heavy atom. The summed E-state index contributed by atoms with van der Waals surface area (Å²) in [5.41, 5.74) is 1.79. The molecule has 2 aromatic rings. The van der Waals surface area contributed by atoms with Crippen LogP contribution in [-0.4, -0.2) is 18.1 Å². The van der Waals surface area contributed by atoms with Crippen molar-refractivity contribution in [2.75, 3.05) is 11.9 Å². The lowest BCUT2D eigenvalue weighted by Crippen LogP contribution is -2.13. The molecule has 0 fully saturated rings. The second-order valence-electron chi connectivity index (χ2n) is 4.49. The SMILES string of the molecule is Cc1ccc(N(C)c2cc(C(=O)O)ccc2F)c(Cl)c1. The summed E-state index contributed by atoms with van der Waals surface area (Å²) < 4.78 is 13.9. The van der Waals surface area contributed by atoms with Gasteiger partial charge in [0.15, 0.2) is 0 Å². The predicted molar refractivity (Wildman–Crippen MR) is 77.6 cm³/mol. The molecule has 3 nitrogen and oxygen atoms in total. The molecular formula is C15H13ClFNO2. The van der Waals surface area contributed by atoms with E-state index in [0.717, 1.165) is 11.6 Å². The molecule has 0 spiro atoms. The smallest absolute Gasteiger partial charge is 0.335 e. The van der Waals surface area contributed by atoms with Crippen molar-refractivity contribution in [3.8, 4) is 0 Å². The number of aryl methyl sites for hydroxylation is 1. The first-order valence-electron chi connectivity index (χ1n) is 5.93. The number of rotatable bonds is 3. The highest BCUT2D eigenvalue weighted by molar-refractivity contribution is 6.33. The predicted octanol–water partition coefficient (Wildman–Crippen LogP) is 4.25. The van der Waals surface area contributed by atoms with Crippen LogP contribution in [0.1, 0.15) is 15.9 Å². The van der Waals surface area contributed by atoms with Gasteiger partial charge in [0, 0.05) is 7.05 Å². The highest BCUT2D eigenvalue weighted by Crippen LogP contribution is 2.33. The molecule has 0 radical (unpaired) electrons. The summed E-state index contributed by atoms with van der Waals surface area (Å²) in [6.07, 6.45) is 0. The Bertz CT molecular complexity index is 673. The first-order chi connectivity index (χ1) is 9.40. The van der Waals surface area contributed by atoms with Gasteiger partial charge in [-0.2, -0.15) is 0 Å². The van der Waals surface area contributed by atoms with Crippen molar-refractivity contribution in [2.24, 2.45) is 0 Å². The standard InChI is InChI=1S/C15H13ClFNO2/c1-9-3-6-13(11(16)7-9)18(2)14-8-10(15(19)20)4-5-12(14)17/h3-8H,1-2H3,(H,19,20). The van der Waals surface area contributed by atoms with Crippen molar-refractivity contribution in [3.63, 3.8) is 0 Å². The normalized spacial score (nSPS) is 10.4. The van der Waals surface area contributed by atoms with E-state index in [2.05, 4.69) is 0 Å². The Balaban J connectivity index is 2.49. The third kappa shape index (κ3) is 2.75. The Kier molecular flexibility index (Phi) is 3.95. The maximum atomic E-state index is 13.9.